The number of fused-ring (bicyclic) bond motifs is 1. The van der Waals surface area contributed by atoms with Gasteiger partial charge in [-0.1, -0.05) is 17.4 Å². The van der Waals surface area contributed by atoms with Crippen LogP contribution in [0.4, 0.5) is 13.2 Å². The van der Waals surface area contributed by atoms with Gasteiger partial charge in [-0.2, -0.15) is 18.3 Å². The van der Waals surface area contributed by atoms with Crippen LogP contribution in [0.15, 0.2) is 24.3 Å². The minimum atomic E-state index is -4.48. The van der Waals surface area contributed by atoms with Crippen LogP contribution in [0.2, 0.25) is 0 Å². The zero-order valence-electron chi connectivity index (χ0n) is 12.8. The topological polar surface area (TPSA) is 59.3 Å². The van der Waals surface area contributed by atoms with Crippen LogP contribution in [-0.2, 0) is 12.7 Å². The number of hydrogen-bond donors (Lipinski definition) is 1. The Kier molecular flexibility index (Phi) is 4.04. The fourth-order valence-corrected chi connectivity index (χ4v) is 3.10. The van der Waals surface area contributed by atoms with Crippen molar-refractivity contribution in [3.8, 4) is 0 Å². The van der Waals surface area contributed by atoms with Crippen LogP contribution >= 0.6 is 11.3 Å². The SMILES string of the molecule is Cc1nn2c(CNC(=O)c3cccc(C(F)(F)F)c3)c(C)nc2s1. The molecule has 1 amide bonds. The maximum Gasteiger partial charge on any atom is 0.416 e. The Morgan fingerprint density at radius 3 is 2.79 bits per heavy atom. The molecule has 2 aromatic heterocycles. The molecule has 5 nitrogen and oxygen atoms in total. The summed E-state index contributed by atoms with van der Waals surface area (Å²) in [7, 11) is 0. The third-order valence-electron chi connectivity index (χ3n) is 3.47. The maximum atomic E-state index is 12.7. The third-order valence-corrected chi connectivity index (χ3v) is 4.29. The first-order chi connectivity index (χ1) is 11.3. The highest BCUT2D eigenvalue weighted by Crippen LogP contribution is 2.29. The Labute approximate surface area is 139 Å². The van der Waals surface area contributed by atoms with E-state index in [-0.39, 0.29) is 12.1 Å². The molecule has 0 saturated carbocycles. The summed E-state index contributed by atoms with van der Waals surface area (Å²) < 4.78 is 39.8. The van der Waals surface area contributed by atoms with Gasteiger partial charge >= 0.3 is 6.18 Å². The summed E-state index contributed by atoms with van der Waals surface area (Å²) >= 11 is 1.43. The van der Waals surface area contributed by atoms with Gasteiger partial charge in [-0.3, -0.25) is 4.79 Å². The van der Waals surface area contributed by atoms with Gasteiger partial charge in [-0.15, -0.1) is 0 Å². The molecule has 0 aliphatic heterocycles. The first kappa shape index (κ1) is 16.4. The smallest absolute Gasteiger partial charge is 0.346 e. The fourth-order valence-electron chi connectivity index (χ4n) is 2.29. The maximum absolute atomic E-state index is 12.7. The number of imidazole rings is 1. The van der Waals surface area contributed by atoms with Gasteiger partial charge in [-0.25, -0.2) is 9.50 Å². The molecule has 0 saturated heterocycles. The van der Waals surface area contributed by atoms with Crippen LogP contribution in [0.25, 0.3) is 4.96 Å². The Morgan fingerprint density at radius 2 is 2.08 bits per heavy atom. The average molecular weight is 354 g/mol. The zero-order valence-corrected chi connectivity index (χ0v) is 13.6. The van der Waals surface area contributed by atoms with Crippen molar-refractivity contribution < 1.29 is 18.0 Å². The highest BCUT2D eigenvalue weighted by molar-refractivity contribution is 7.16. The number of halogens is 3. The van der Waals surface area contributed by atoms with E-state index in [1.165, 1.54) is 23.5 Å². The van der Waals surface area contributed by atoms with Gasteiger partial charge in [0.25, 0.3) is 5.91 Å². The number of hydrogen-bond acceptors (Lipinski definition) is 4. The number of amides is 1. The molecule has 0 aliphatic carbocycles. The van der Waals surface area contributed by atoms with Crippen molar-refractivity contribution in [2.24, 2.45) is 0 Å². The average Bonchev–Trinajstić information content (AvgIpc) is 2.99. The molecule has 0 spiro atoms. The predicted molar refractivity (Wildman–Crippen MR) is 83.0 cm³/mol. The summed E-state index contributed by atoms with van der Waals surface area (Å²) in [4.78, 5) is 17.2. The van der Waals surface area contributed by atoms with Gasteiger partial charge in [0, 0.05) is 5.56 Å². The summed E-state index contributed by atoms with van der Waals surface area (Å²) in [6.07, 6.45) is -4.48. The van der Waals surface area contributed by atoms with Crippen LogP contribution in [-0.4, -0.2) is 20.5 Å². The number of rotatable bonds is 3. The highest BCUT2D eigenvalue weighted by Gasteiger charge is 2.30. The van der Waals surface area contributed by atoms with Crippen LogP contribution in [0.5, 0.6) is 0 Å². The zero-order chi connectivity index (χ0) is 17.5. The quantitative estimate of drug-likeness (QED) is 0.785. The van der Waals surface area contributed by atoms with E-state index in [4.69, 9.17) is 0 Å². The molecule has 2 heterocycles. The van der Waals surface area contributed by atoms with Gasteiger partial charge in [0.2, 0.25) is 4.96 Å². The molecule has 3 rings (SSSR count). The second-order valence-electron chi connectivity index (χ2n) is 5.22. The van der Waals surface area contributed by atoms with Crippen molar-refractivity contribution in [2.75, 3.05) is 0 Å². The number of carbonyl (C=O) groups excluding carboxylic acids is 1. The number of nitrogens with zero attached hydrogens (tertiary/aromatic N) is 3. The molecule has 3 aromatic rings. The van der Waals surface area contributed by atoms with Gasteiger partial charge < -0.3 is 5.32 Å². The standard InChI is InChI=1S/C15H13F3N4OS/c1-8-12(22-14(20-8)24-9(2)21-22)7-19-13(23)10-4-3-5-11(6-10)15(16,17)18/h3-6H,7H2,1-2H3,(H,19,23). The van der Waals surface area contributed by atoms with Gasteiger partial charge in [-0.05, 0) is 32.0 Å². The molecule has 0 bridgehead atoms. The van der Waals surface area contributed by atoms with Crippen molar-refractivity contribution in [3.05, 3.63) is 51.8 Å². The second-order valence-corrected chi connectivity index (χ2v) is 6.38. The van der Waals surface area contributed by atoms with Crippen LogP contribution < -0.4 is 5.32 Å². The Morgan fingerprint density at radius 1 is 1.33 bits per heavy atom. The highest BCUT2D eigenvalue weighted by atomic mass is 32.1. The summed E-state index contributed by atoms with van der Waals surface area (Å²) in [5.41, 5.74) is 0.527. The van der Waals surface area contributed by atoms with E-state index in [1.807, 2.05) is 6.92 Å². The van der Waals surface area contributed by atoms with E-state index in [9.17, 15) is 18.0 Å². The van der Waals surface area contributed by atoms with Crippen molar-refractivity contribution in [1.29, 1.82) is 0 Å². The summed E-state index contributed by atoms with van der Waals surface area (Å²) in [5, 5.41) is 7.76. The molecule has 1 N–H and O–H groups in total. The Bertz CT molecular complexity index is 913. The third kappa shape index (κ3) is 3.12. The van der Waals surface area contributed by atoms with E-state index in [0.29, 0.717) is 10.7 Å². The summed E-state index contributed by atoms with van der Waals surface area (Å²) in [5.74, 6) is -0.581. The van der Waals surface area contributed by atoms with Gasteiger partial charge in [0.1, 0.15) is 5.01 Å². The fraction of sp³-hybridized carbons (Fsp3) is 0.267. The molecular weight excluding hydrogens is 341 g/mol. The van der Waals surface area contributed by atoms with E-state index in [1.54, 1.807) is 11.4 Å². The molecule has 9 heteroatoms. The number of alkyl halides is 3. The number of aryl methyl sites for hydroxylation is 2. The van der Waals surface area contributed by atoms with Crippen LogP contribution in [0.1, 0.15) is 32.3 Å². The molecule has 0 fully saturated rings. The van der Waals surface area contributed by atoms with E-state index in [0.717, 1.165) is 22.8 Å². The van der Waals surface area contributed by atoms with Gasteiger partial charge in [0.15, 0.2) is 0 Å². The van der Waals surface area contributed by atoms with Crippen molar-refractivity contribution >= 4 is 22.2 Å². The summed E-state index contributed by atoms with van der Waals surface area (Å²) in [6.45, 7) is 3.77. The van der Waals surface area contributed by atoms with Crippen LogP contribution in [0.3, 0.4) is 0 Å². The minimum absolute atomic E-state index is 0.0438. The lowest BCUT2D eigenvalue weighted by Crippen LogP contribution is -2.24. The lowest BCUT2D eigenvalue weighted by atomic mass is 10.1. The second kappa shape index (κ2) is 5.90. The molecule has 0 unspecified atom stereocenters. The monoisotopic (exact) mass is 354 g/mol. The van der Waals surface area contributed by atoms with Crippen LogP contribution in [0, 0.1) is 13.8 Å². The summed E-state index contributed by atoms with van der Waals surface area (Å²) in [6, 6.07) is 4.32. The van der Waals surface area contributed by atoms with Crippen molar-refractivity contribution in [2.45, 2.75) is 26.6 Å². The first-order valence-electron chi connectivity index (χ1n) is 7.03. The Balaban J connectivity index is 1.79. The Hall–Kier alpha value is -2.42. The lowest BCUT2D eigenvalue weighted by Gasteiger charge is -2.09. The molecule has 0 radical (unpaired) electrons. The van der Waals surface area contributed by atoms with E-state index in [2.05, 4.69) is 15.4 Å². The number of carbonyl (C=O) groups is 1. The molecular formula is C15H13F3N4OS. The minimum Gasteiger partial charge on any atom is -0.346 e. The van der Waals surface area contributed by atoms with Gasteiger partial charge in [0.05, 0.1) is 23.5 Å². The molecule has 0 atom stereocenters. The molecule has 0 aliphatic rings. The predicted octanol–water partition coefficient (Wildman–Crippen LogP) is 3.36. The van der Waals surface area contributed by atoms with E-state index < -0.39 is 17.6 Å². The molecule has 1 aromatic carbocycles. The molecule has 126 valence electrons. The number of nitrogens with one attached hydrogen (secondary N) is 1. The van der Waals surface area contributed by atoms with Crippen molar-refractivity contribution in [3.63, 3.8) is 0 Å². The largest absolute Gasteiger partial charge is 0.416 e. The molecule has 24 heavy (non-hydrogen) atoms. The lowest BCUT2D eigenvalue weighted by molar-refractivity contribution is -0.137. The van der Waals surface area contributed by atoms with E-state index >= 15 is 0 Å². The first-order valence-corrected chi connectivity index (χ1v) is 7.84. The number of benzene rings is 1. The number of aromatic nitrogens is 3. The van der Waals surface area contributed by atoms with Crippen molar-refractivity contribution in [1.82, 2.24) is 19.9 Å². The normalized spacial score (nSPS) is 11.9.